The molecule has 0 radical (unpaired) electrons. The number of aromatic nitrogens is 1. The average molecular weight is 441 g/mol. The van der Waals surface area contributed by atoms with Gasteiger partial charge in [0.15, 0.2) is 5.13 Å². The zero-order valence-corrected chi connectivity index (χ0v) is 18.2. The predicted octanol–water partition coefficient (Wildman–Crippen LogP) is 4.62. The van der Waals surface area contributed by atoms with Crippen molar-refractivity contribution in [3.05, 3.63) is 64.3 Å². The van der Waals surface area contributed by atoms with E-state index in [4.69, 9.17) is 10.5 Å². The number of thiazole rings is 1. The third-order valence-corrected chi connectivity index (χ3v) is 6.26. The predicted molar refractivity (Wildman–Crippen MR) is 122 cm³/mol. The first kappa shape index (κ1) is 21.3. The topological polar surface area (TPSA) is 80.5 Å². The zero-order valence-electron chi connectivity index (χ0n) is 17.4. The van der Waals surface area contributed by atoms with Crippen molar-refractivity contribution in [1.29, 1.82) is 0 Å². The fourth-order valence-electron chi connectivity index (χ4n) is 3.47. The lowest BCUT2D eigenvalue weighted by molar-refractivity contribution is 0.104. The largest absolute Gasteiger partial charge is 0.492 e. The minimum atomic E-state index is -0.421. The quantitative estimate of drug-likeness (QED) is 0.498. The maximum absolute atomic E-state index is 13.8. The number of carbonyl (C=O) groups is 1. The standard InChI is InChI=1S/C23H25FN4O2S/c1-15-4-5-16(14-19(15)24)20(29)21-22(25)27-23(31-21)26-17-6-8-18(9-7-17)30-13-12-28-10-2-3-11-28/h4-9,14H,2-3,10-13,25H2,1H3,(H,26,27). The van der Waals surface area contributed by atoms with Crippen molar-refractivity contribution in [2.45, 2.75) is 19.8 Å². The molecule has 2 aromatic carbocycles. The van der Waals surface area contributed by atoms with Gasteiger partial charge >= 0.3 is 0 Å². The highest BCUT2D eigenvalue weighted by Crippen LogP contribution is 2.30. The molecule has 8 heteroatoms. The number of ketones is 1. The highest BCUT2D eigenvalue weighted by molar-refractivity contribution is 7.18. The number of nitrogens with one attached hydrogen (secondary N) is 1. The molecule has 6 nitrogen and oxygen atoms in total. The average Bonchev–Trinajstić information content (AvgIpc) is 3.40. The van der Waals surface area contributed by atoms with Gasteiger partial charge in [-0.25, -0.2) is 9.37 Å². The summed E-state index contributed by atoms with van der Waals surface area (Å²) in [4.78, 5) is 19.6. The number of nitrogens with zero attached hydrogens (tertiary/aromatic N) is 2. The molecule has 1 aromatic heterocycles. The molecular weight excluding hydrogens is 415 g/mol. The number of hydrogen-bond donors (Lipinski definition) is 2. The third-order valence-electron chi connectivity index (χ3n) is 5.27. The van der Waals surface area contributed by atoms with E-state index in [1.165, 1.54) is 18.9 Å². The fourth-order valence-corrected chi connectivity index (χ4v) is 4.34. The summed E-state index contributed by atoms with van der Waals surface area (Å²) in [6.45, 7) is 5.58. The Morgan fingerprint density at radius 3 is 2.68 bits per heavy atom. The Labute approximate surface area is 184 Å². The minimum absolute atomic E-state index is 0.125. The lowest BCUT2D eigenvalue weighted by Crippen LogP contribution is -2.25. The van der Waals surface area contributed by atoms with Gasteiger partial charge in [0.05, 0.1) is 0 Å². The van der Waals surface area contributed by atoms with E-state index < -0.39 is 5.82 Å². The van der Waals surface area contributed by atoms with Crippen molar-refractivity contribution in [2.24, 2.45) is 0 Å². The van der Waals surface area contributed by atoms with Crippen LogP contribution in [-0.4, -0.2) is 41.9 Å². The number of rotatable bonds is 8. The van der Waals surface area contributed by atoms with Crippen molar-refractivity contribution in [3.8, 4) is 5.75 Å². The van der Waals surface area contributed by atoms with E-state index in [9.17, 15) is 9.18 Å². The summed E-state index contributed by atoms with van der Waals surface area (Å²) in [5.74, 6) is 0.166. The van der Waals surface area contributed by atoms with Gasteiger partial charge in [-0.15, -0.1) is 0 Å². The molecule has 1 aliphatic rings. The lowest BCUT2D eigenvalue weighted by Gasteiger charge is -2.15. The molecule has 0 aliphatic carbocycles. The van der Waals surface area contributed by atoms with E-state index in [-0.39, 0.29) is 22.0 Å². The first-order valence-corrected chi connectivity index (χ1v) is 11.1. The van der Waals surface area contributed by atoms with Gasteiger partial charge in [-0.1, -0.05) is 23.5 Å². The fraction of sp³-hybridized carbons (Fsp3) is 0.304. The normalized spacial score (nSPS) is 14.0. The van der Waals surface area contributed by atoms with E-state index in [1.54, 1.807) is 19.1 Å². The Bertz CT molecular complexity index is 1060. The molecule has 1 saturated heterocycles. The highest BCUT2D eigenvalue weighted by Gasteiger charge is 2.19. The van der Waals surface area contributed by atoms with Crippen LogP contribution in [0, 0.1) is 12.7 Å². The lowest BCUT2D eigenvalue weighted by atomic mass is 10.1. The highest BCUT2D eigenvalue weighted by atomic mass is 32.1. The number of nitrogen functional groups attached to an aromatic ring is 1. The molecule has 0 saturated carbocycles. The number of carbonyl (C=O) groups excluding carboxylic acids is 1. The van der Waals surface area contributed by atoms with E-state index in [1.807, 2.05) is 24.3 Å². The maximum Gasteiger partial charge on any atom is 0.206 e. The molecule has 31 heavy (non-hydrogen) atoms. The molecule has 0 atom stereocenters. The van der Waals surface area contributed by atoms with Crippen LogP contribution in [0.3, 0.4) is 0 Å². The molecule has 0 amide bonds. The van der Waals surface area contributed by atoms with Crippen molar-refractivity contribution in [1.82, 2.24) is 9.88 Å². The molecule has 0 bridgehead atoms. The molecule has 2 heterocycles. The van der Waals surface area contributed by atoms with Gasteiger partial charge in [0.25, 0.3) is 0 Å². The summed E-state index contributed by atoms with van der Waals surface area (Å²) in [7, 11) is 0. The summed E-state index contributed by atoms with van der Waals surface area (Å²) < 4.78 is 19.6. The summed E-state index contributed by atoms with van der Waals surface area (Å²) in [6, 6.07) is 12.0. The smallest absolute Gasteiger partial charge is 0.206 e. The van der Waals surface area contributed by atoms with E-state index >= 15 is 0 Å². The number of likely N-dealkylation sites (tertiary alicyclic amines) is 1. The Morgan fingerprint density at radius 2 is 1.97 bits per heavy atom. The number of aryl methyl sites for hydroxylation is 1. The molecule has 1 aliphatic heterocycles. The van der Waals surface area contributed by atoms with Crippen LogP contribution in [0.25, 0.3) is 0 Å². The second kappa shape index (κ2) is 9.45. The molecule has 0 spiro atoms. The summed E-state index contributed by atoms with van der Waals surface area (Å²) in [6.07, 6.45) is 2.55. The number of nitrogens with two attached hydrogens (primary N) is 1. The number of benzene rings is 2. The molecule has 0 unspecified atom stereocenters. The van der Waals surface area contributed by atoms with Crippen LogP contribution >= 0.6 is 11.3 Å². The zero-order chi connectivity index (χ0) is 21.8. The minimum Gasteiger partial charge on any atom is -0.492 e. The van der Waals surface area contributed by atoms with Crippen LogP contribution in [0.4, 0.5) is 21.0 Å². The first-order valence-electron chi connectivity index (χ1n) is 10.3. The Balaban J connectivity index is 1.37. The van der Waals surface area contributed by atoms with Gasteiger partial charge in [-0.2, -0.15) is 0 Å². The summed E-state index contributed by atoms with van der Waals surface area (Å²) in [5.41, 5.74) is 7.50. The SMILES string of the molecule is Cc1ccc(C(=O)c2sc(Nc3ccc(OCCN4CCCC4)cc3)nc2N)cc1F. The monoisotopic (exact) mass is 440 g/mol. The Kier molecular flexibility index (Phi) is 6.48. The Morgan fingerprint density at radius 1 is 1.23 bits per heavy atom. The van der Waals surface area contributed by atoms with Crippen LogP contribution < -0.4 is 15.8 Å². The molecular formula is C23H25FN4O2S. The van der Waals surface area contributed by atoms with Gasteiger partial charge in [0.1, 0.15) is 28.9 Å². The maximum atomic E-state index is 13.8. The van der Waals surface area contributed by atoms with Gasteiger partial charge in [-0.3, -0.25) is 9.69 Å². The number of ether oxygens (including phenoxy) is 1. The summed E-state index contributed by atoms with van der Waals surface area (Å²) in [5, 5.41) is 3.65. The molecule has 162 valence electrons. The molecule has 4 rings (SSSR count). The van der Waals surface area contributed by atoms with Crippen molar-refractivity contribution in [2.75, 3.05) is 37.3 Å². The van der Waals surface area contributed by atoms with Crippen molar-refractivity contribution < 1.29 is 13.9 Å². The van der Waals surface area contributed by atoms with Crippen molar-refractivity contribution in [3.63, 3.8) is 0 Å². The molecule has 3 aromatic rings. The van der Waals surface area contributed by atoms with E-state index in [2.05, 4.69) is 15.2 Å². The second-order valence-corrected chi connectivity index (χ2v) is 8.57. The van der Waals surface area contributed by atoms with Gasteiger partial charge in [-0.05, 0) is 68.8 Å². The van der Waals surface area contributed by atoms with Crippen LogP contribution in [0.1, 0.15) is 33.6 Å². The Hall–Kier alpha value is -2.97. The summed E-state index contributed by atoms with van der Waals surface area (Å²) >= 11 is 1.14. The van der Waals surface area contributed by atoms with Gasteiger partial charge in [0.2, 0.25) is 5.78 Å². The molecule has 1 fully saturated rings. The third kappa shape index (κ3) is 5.21. The van der Waals surface area contributed by atoms with Crippen LogP contribution in [0.15, 0.2) is 42.5 Å². The number of halogens is 1. The number of hydrogen-bond acceptors (Lipinski definition) is 7. The first-order chi connectivity index (χ1) is 15.0. The van der Waals surface area contributed by atoms with Gasteiger partial charge in [0, 0.05) is 17.8 Å². The van der Waals surface area contributed by atoms with E-state index in [0.29, 0.717) is 17.3 Å². The van der Waals surface area contributed by atoms with E-state index in [0.717, 1.165) is 42.4 Å². The van der Waals surface area contributed by atoms with Crippen LogP contribution in [0.5, 0.6) is 5.75 Å². The van der Waals surface area contributed by atoms with Crippen LogP contribution in [-0.2, 0) is 0 Å². The van der Waals surface area contributed by atoms with Gasteiger partial charge < -0.3 is 15.8 Å². The van der Waals surface area contributed by atoms with Crippen LogP contribution in [0.2, 0.25) is 0 Å². The van der Waals surface area contributed by atoms with Crippen molar-refractivity contribution >= 4 is 33.8 Å². The number of anilines is 3. The molecule has 3 N–H and O–H groups in total. The second-order valence-electron chi connectivity index (χ2n) is 7.57.